The van der Waals surface area contributed by atoms with E-state index in [0.29, 0.717) is 31.3 Å². The summed E-state index contributed by atoms with van der Waals surface area (Å²) in [5.74, 6) is 2.15. The fourth-order valence-electron chi connectivity index (χ4n) is 1.89. The molecule has 114 valence electrons. The molecule has 0 saturated carbocycles. The Balaban J connectivity index is 1.88. The zero-order valence-electron chi connectivity index (χ0n) is 12.6. The summed E-state index contributed by atoms with van der Waals surface area (Å²) in [5, 5.41) is 7.29. The van der Waals surface area contributed by atoms with E-state index < -0.39 is 0 Å². The largest absolute Gasteiger partial charge is 0.490 e. The van der Waals surface area contributed by atoms with Crippen LogP contribution in [0.2, 0.25) is 0 Å². The van der Waals surface area contributed by atoms with Crippen molar-refractivity contribution in [2.75, 3.05) is 13.2 Å². The van der Waals surface area contributed by atoms with Crippen molar-refractivity contribution in [3.05, 3.63) is 41.8 Å². The average molecular weight is 290 g/mol. The van der Waals surface area contributed by atoms with Crippen LogP contribution in [0.15, 0.2) is 34.9 Å². The zero-order chi connectivity index (χ0) is 14.9. The van der Waals surface area contributed by atoms with Gasteiger partial charge in [0.25, 0.3) is 0 Å². The zero-order valence-corrected chi connectivity index (χ0v) is 12.6. The van der Waals surface area contributed by atoms with Crippen LogP contribution < -0.4 is 14.8 Å². The SMILES string of the molecule is CCCNCc1cc(COc2ccccc2OCC)on1. The Morgan fingerprint density at radius 1 is 1.14 bits per heavy atom. The maximum Gasteiger partial charge on any atom is 0.174 e. The monoisotopic (exact) mass is 290 g/mol. The molecule has 0 fully saturated rings. The molecule has 5 nitrogen and oxygen atoms in total. The number of aromatic nitrogens is 1. The van der Waals surface area contributed by atoms with E-state index in [0.717, 1.165) is 24.4 Å². The summed E-state index contributed by atoms with van der Waals surface area (Å²) >= 11 is 0. The topological polar surface area (TPSA) is 56.5 Å². The number of nitrogens with one attached hydrogen (secondary N) is 1. The molecular weight excluding hydrogens is 268 g/mol. The van der Waals surface area contributed by atoms with Crippen LogP contribution in [0, 0.1) is 0 Å². The smallest absolute Gasteiger partial charge is 0.174 e. The van der Waals surface area contributed by atoms with E-state index in [4.69, 9.17) is 14.0 Å². The van der Waals surface area contributed by atoms with E-state index in [2.05, 4.69) is 17.4 Å². The van der Waals surface area contributed by atoms with Crippen molar-refractivity contribution in [2.45, 2.75) is 33.4 Å². The van der Waals surface area contributed by atoms with Crippen molar-refractivity contribution < 1.29 is 14.0 Å². The van der Waals surface area contributed by atoms with Gasteiger partial charge in [-0.3, -0.25) is 0 Å². The van der Waals surface area contributed by atoms with Crippen LogP contribution in [0.5, 0.6) is 11.5 Å². The van der Waals surface area contributed by atoms with Crippen LogP contribution in [-0.4, -0.2) is 18.3 Å². The Kier molecular flexibility index (Phi) is 6.09. The van der Waals surface area contributed by atoms with Crippen molar-refractivity contribution in [3.63, 3.8) is 0 Å². The summed E-state index contributed by atoms with van der Waals surface area (Å²) < 4.78 is 16.5. The molecule has 0 radical (unpaired) electrons. The number of hydrogen-bond donors (Lipinski definition) is 1. The maximum absolute atomic E-state index is 5.74. The van der Waals surface area contributed by atoms with Gasteiger partial charge in [0.1, 0.15) is 6.61 Å². The molecule has 1 heterocycles. The molecule has 0 amide bonds. The number of para-hydroxylation sites is 2. The summed E-state index contributed by atoms with van der Waals surface area (Å²) in [6.07, 6.45) is 1.10. The van der Waals surface area contributed by atoms with Gasteiger partial charge in [-0.25, -0.2) is 0 Å². The Labute approximate surface area is 125 Å². The highest BCUT2D eigenvalue weighted by Gasteiger charge is 2.07. The molecule has 21 heavy (non-hydrogen) atoms. The molecule has 2 rings (SSSR count). The average Bonchev–Trinajstić information content (AvgIpc) is 2.95. The highest BCUT2D eigenvalue weighted by molar-refractivity contribution is 5.39. The quantitative estimate of drug-likeness (QED) is 0.719. The lowest BCUT2D eigenvalue weighted by atomic mass is 10.3. The van der Waals surface area contributed by atoms with Gasteiger partial charge in [0, 0.05) is 12.6 Å². The van der Waals surface area contributed by atoms with Crippen molar-refractivity contribution in [2.24, 2.45) is 0 Å². The number of ether oxygens (including phenoxy) is 2. The lowest BCUT2D eigenvalue weighted by molar-refractivity contribution is 0.233. The molecule has 1 aromatic carbocycles. The third-order valence-electron chi connectivity index (χ3n) is 2.86. The summed E-state index contributed by atoms with van der Waals surface area (Å²) in [6, 6.07) is 9.51. The summed E-state index contributed by atoms with van der Waals surface area (Å²) in [5.41, 5.74) is 0.889. The van der Waals surface area contributed by atoms with E-state index in [1.54, 1.807) is 0 Å². The number of hydrogen-bond acceptors (Lipinski definition) is 5. The van der Waals surface area contributed by atoms with Crippen LogP contribution in [0.25, 0.3) is 0 Å². The molecule has 0 bridgehead atoms. The number of nitrogens with zero attached hydrogens (tertiary/aromatic N) is 1. The second-order valence-electron chi connectivity index (χ2n) is 4.63. The molecule has 1 aromatic heterocycles. The molecule has 2 aromatic rings. The van der Waals surface area contributed by atoms with Gasteiger partial charge in [0.15, 0.2) is 17.3 Å². The minimum Gasteiger partial charge on any atom is -0.490 e. The fraction of sp³-hybridized carbons (Fsp3) is 0.438. The molecule has 0 aliphatic carbocycles. The first kappa shape index (κ1) is 15.4. The summed E-state index contributed by atoms with van der Waals surface area (Å²) in [6.45, 7) is 6.71. The molecule has 5 heteroatoms. The molecule has 0 spiro atoms. The van der Waals surface area contributed by atoms with Gasteiger partial charge in [0.2, 0.25) is 0 Å². The molecule has 0 aliphatic heterocycles. The normalized spacial score (nSPS) is 10.6. The molecule has 0 saturated heterocycles. The van der Waals surface area contributed by atoms with E-state index in [9.17, 15) is 0 Å². The van der Waals surface area contributed by atoms with E-state index in [1.165, 1.54) is 0 Å². The third-order valence-corrected chi connectivity index (χ3v) is 2.86. The second-order valence-corrected chi connectivity index (χ2v) is 4.63. The highest BCUT2D eigenvalue weighted by Crippen LogP contribution is 2.27. The van der Waals surface area contributed by atoms with Crippen molar-refractivity contribution in [3.8, 4) is 11.5 Å². The lowest BCUT2D eigenvalue weighted by Gasteiger charge is -2.09. The molecule has 0 atom stereocenters. The molecule has 0 aliphatic rings. The number of rotatable bonds is 9. The minimum absolute atomic E-state index is 0.338. The van der Waals surface area contributed by atoms with Gasteiger partial charge in [-0.1, -0.05) is 24.2 Å². The van der Waals surface area contributed by atoms with E-state index in [-0.39, 0.29) is 0 Å². The number of benzene rings is 1. The molecular formula is C16H22N2O3. The van der Waals surface area contributed by atoms with E-state index >= 15 is 0 Å². The van der Waals surface area contributed by atoms with Gasteiger partial charge < -0.3 is 19.3 Å². The van der Waals surface area contributed by atoms with Gasteiger partial charge in [-0.05, 0) is 32.0 Å². The first-order chi connectivity index (χ1) is 10.3. The second kappa shape index (κ2) is 8.32. The van der Waals surface area contributed by atoms with Gasteiger partial charge >= 0.3 is 0 Å². The van der Waals surface area contributed by atoms with Gasteiger partial charge in [0.05, 0.1) is 12.3 Å². The van der Waals surface area contributed by atoms with Crippen LogP contribution in [0.3, 0.4) is 0 Å². The van der Waals surface area contributed by atoms with Crippen LogP contribution >= 0.6 is 0 Å². The maximum atomic E-state index is 5.74. The molecule has 1 N–H and O–H groups in total. The first-order valence-corrected chi connectivity index (χ1v) is 7.33. The van der Waals surface area contributed by atoms with E-state index in [1.807, 2.05) is 37.3 Å². The Hall–Kier alpha value is -2.01. The van der Waals surface area contributed by atoms with Gasteiger partial charge in [-0.15, -0.1) is 0 Å². The van der Waals surface area contributed by atoms with Crippen molar-refractivity contribution in [1.82, 2.24) is 10.5 Å². The fourth-order valence-corrected chi connectivity index (χ4v) is 1.89. The predicted octanol–water partition coefficient (Wildman–Crippen LogP) is 3.15. The first-order valence-electron chi connectivity index (χ1n) is 7.33. The van der Waals surface area contributed by atoms with Crippen molar-refractivity contribution in [1.29, 1.82) is 0 Å². The van der Waals surface area contributed by atoms with Crippen LogP contribution in [0.4, 0.5) is 0 Å². The Morgan fingerprint density at radius 3 is 2.62 bits per heavy atom. The minimum atomic E-state index is 0.338. The molecule has 0 unspecified atom stereocenters. The summed E-state index contributed by atoms with van der Waals surface area (Å²) in [4.78, 5) is 0. The highest BCUT2D eigenvalue weighted by atomic mass is 16.5. The Bertz CT molecular complexity index is 540. The summed E-state index contributed by atoms with van der Waals surface area (Å²) in [7, 11) is 0. The van der Waals surface area contributed by atoms with Crippen molar-refractivity contribution >= 4 is 0 Å². The Morgan fingerprint density at radius 2 is 1.90 bits per heavy atom. The van der Waals surface area contributed by atoms with Crippen LogP contribution in [-0.2, 0) is 13.2 Å². The standard InChI is InChI=1S/C16H22N2O3/c1-3-9-17-11-13-10-14(21-18-13)12-20-16-8-6-5-7-15(16)19-4-2/h5-8,10,17H,3-4,9,11-12H2,1-2H3. The lowest BCUT2D eigenvalue weighted by Crippen LogP contribution is -2.13. The third kappa shape index (κ3) is 4.79. The van der Waals surface area contributed by atoms with Gasteiger partial charge in [-0.2, -0.15) is 0 Å². The predicted molar refractivity (Wildman–Crippen MR) is 80.4 cm³/mol. The van der Waals surface area contributed by atoms with Crippen LogP contribution in [0.1, 0.15) is 31.7 Å².